The van der Waals surface area contributed by atoms with Gasteiger partial charge in [-0.25, -0.2) is 36.7 Å². The Morgan fingerprint density at radius 3 is 2.68 bits per heavy atom. The number of aromatic nitrogens is 5. The Hall–Kier alpha value is -2.73. The van der Waals surface area contributed by atoms with Gasteiger partial charge in [-0.1, -0.05) is 0 Å². The zero-order valence-corrected chi connectivity index (χ0v) is 17.6. The van der Waals surface area contributed by atoms with Gasteiger partial charge in [-0.15, -0.1) is 0 Å². The molecule has 2 aliphatic rings. The first-order valence-corrected chi connectivity index (χ1v) is 11.8. The highest BCUT2D eigenvalue weighted by Gasteiger charge is 2.51. The molecule has 0 bridgehead atoms. The first-order valence-electron chi connectivity index (χ1n) is 9.95. The SMILES string of the molecule is CS(=O)(=O)N1CCC12CCCN(c1cc(-c3cnc4ccc(C(F)F)nn34)ncn1)C2. The molecule has 0 radical (unpaired) electrons. The summed E-state index contributed by atoms with van der Waals surface area (Å²) in [6, 6.07) is 4.51. The standard InChI is InChI=1S/C19H21F2N7O2S/c1-31(29,30)27-8-6-19(27)5-2-7-26(11-19)17-9-14(23-12-24-17)15-10-22-16-4-3-13(18(20)21)25-28(15)16/h3-4,9-10,12,18H,2,5-8,11H2,1H3. The van der Waals surface area contributed by atoms with Crippen LogP contribution in [0.5, 0.6) is 0 Å². The molecular weight excluding hydrogens is 428 g/mol. The Kier molecular flexibility index (Phi) is 4.66. The largest absolute Gasteiger partial charge is 0.355 e. The van der Waals surface area contributed by atoms with E-state index in [1.54, 1.807) is 16.6 Å². The molecular formula is C19H21F2N7O2S. The van der Waals surface area contributed by atoms with Crippen LogP contribution in [0.4, 0.5) is 14.6 Å². The second kappa shape index (κ2) is 7.16. The van der Waals surface area contributed by atoms with Crippen LogP contribution in [0.25, 0.3) is 17.0 Å². The van der Waals surface area contributed by atoms with Gasteiger partial charge in [-0.2, -0.15) is 9.40 Å². The lowest BCUT2D eigenvalue weighted by molar-refractivity contribution is 0.0558. The Morgan fingerprint density at radius 2 is 1.97 bits per heavy atom. The van der Waals surface area contributed by atoms with Gasteiger partial charge in [0.15, 0.2) is 5.65 Å². The zero-order valence-electron chi connectivity index (χ0n) is 16.8. The average molecular weight is 449 g/mol. The fourth-order valence-corrected chi connectivity index (χ4v) is 5.96. The predicted molar refractivity (Wildman–Crippen MR) is 109 cm³/mol. The number of anilines is 1. The molecule has 0 aromatic carbocycles. The topological polar surface area (TPSA) is 96.6 Å². The number of halogens is 2. The van der Waals surface area contributed by atoms with Crippen LogP contribution in [0.1, 0.15) is 31.4 Å². The van der Waals surface area contributed by atoms with Crippen LogP contribution >= 0.6 is 0 Å². The summed E-state index contributed by atoms with van der Waals surface area (Å²) in [4.78, 5) is 15.0. The summed E-state index contributed by atoms with van der Waals surface area (Å²) < 4.78 is 53.4. The highest BCUT2D eigenvalue weighted by molar-refractivity contribution is 7.88. The lowest BCUT2D eigenvalue weighted by Gasteiger charge is -2.55. The monoisotopic (exact) mass is 449 g/mol. The van der Waals surface area contributed by atoms with E-state index in [0.29, 0.717) is 35.9 Å². The van der Waals surface area contributed by atoms with Crippen LogP contribution in [0.3, 0.4) is 0 Å². The molecule has 164 valence electrons. The summed E-state index contributed by atoms with van der Waals surface area (Å²) in [5, 5.41) is 3.99. The molecule has 2 saturated heterocycles. The number of alkyl halides is 2. The first kappa shape index (κ1) is 20.2. The van der Waals surface area contributed by atoms with E-state index in [2.05, 4.69) is 25.0 Å². The molecule has 31 heavy (non-hydrogen) atoms. The van der Waals surface area contributed by atoms with E-state index < -0.39 is 22.0 Å². The molecule has 1 spiro atoms. The van der Waals surface area contributed by atoms with Crippen molar-refractivity contribution in [2.75, 3.05) is 30.8 Å². The van der Waals surface area contributed by atoms with Gasteiger partial charge in [0.05, 0.1) is 23.7 Å². The van der Waals surface area contributed by atoms with Crippen LogP contribution in [-0.2, 0) is 10.0 Å². The summed E-state index contributed by atoms with van der Waals surface area (Å²) in [6.45, 7) is 1.84. The molecule has 5 heterocycles. The van der Waals surface area contributed by atoms with Crippen molar-refractivity contribution < 1.29 is 17.2 Å². The summed E-state index contributed by atoms with van der Waals surface area (Å²) in [6.07, 6.45) is 4.01. The highest BCUT2D eigenvalue weighted by Crippen LogP contribution is 2.41. The summed E-state index contributed by atoms with van der Waals surface area (Å²) in [7, 11) is -3.27. The van der Waals surface area contributed by atoms with Gasteiger partial charge >= 0.3 is 0 Å². The van der Waals surface area contributed by atoms with Crippen molar-refractivity contribution in [2.24, 2.45) is 0 Å². The molecule has 3 aromatic heterocycles. The van der Waals surface area contributed by atoms with Gasteiger partial charge in [-0.05, 0) is 31.4 Å². The predicted octanol–water partition coefficient (Wildman–Crippen LogP) is 2.13. The van der Waals surface area contributed by atoms with Crippen molar-refractivity contribution in [1.29, 1.82) is 0 Å². The van der Waals surface area contributed by atoms with Crippen molar-refractivity contribution in [3.05, 3.63) is 36.4 Å². The minimum Gasteiger partial charge on any atom is -0.355 e. The minimum atomic E-state index is -3.27. The normalized spacial score (nSPS) is 22.4. The van der Waals surface area contributed by atoms with Gasteiger partial charge in [0.25, 0.3) is 6.43 Å². The molecule has 9 nitrogen and oxygen atoms in total. The van der Waals surface area contributed by atoms with E-state index in [-0.39, 0.29) is 5.69 Å². The molecule has 1 atom stereocenters. The molecule has 0 amide bonds. The second-order valence-electron chi connectivity index (χ2n) is 8.07. The Labute approximate surface area is 177 Å². The molecule has 2 fully saturated rings. The number of piperidine rings is 1. The molecule has 0 aliphatic carbocycles. The fourth-order valence-electron chi connectivity index (χ4n) is 4.59. The maximum atomic E-state index is 13.1. The second-order valence-corrected chi connectivity index (χ2v) is 9.98. The molecule has 0 saturated carbocycles. The third-order valence-corrected chi connectivity index (χ3v) is 7.48. The zero-order chi connectivity index (χ0) is 21.8. The van der Waals surface area contributed by atoms with E-state index in [1.165, 1.54) is 29.2 Å². The third-order valence-electron chi connectivity index (χ3n) is 6.11. The van der Waals surface area contributed by atoms with E-state index in [9.17, 15) is 17.2 Å². The van der Waals surface area contributed by atoms with E-state index >= 15 is 0 Å². The van der Waals surface area contributed by atoms with Crippen LogP contribution in [0.2, 0.25) is 0 Å². The number of hydrogen-bond donors (Lipinski definition) is 0. The van der Waals surface area contributed by atoms with Crippen molar-refractivity contribution in [2.45, 2.75) is 31.2 Å². The van der Waals surface area contributed by atoms with Gasteiger partial charge in [0.2, 0.25) is 10.0 Å². The Bertz CT molecular complexity index is 1250. The number of fused-ring (bicyclic) bond motifs is 1. The number of hydrogen-bond acceptors (Lipinski definition) is 7. The highest BCUT2D eigenvalue weighted by atomic mass is 32.2. The molecule has 5 rings (SSSR count). The average Bonchev–Trinajstić information content (AvgIpc) is 3.15. The van der Waals surface area contributed by atoms with Gasteiger partial charge in [0.1, 0.15) is 23.5 Å². The van der Waals surface area contributed by atoms with Crippen molar-refractivity contribution in [3.8, 4) is 11.4 Å². The van der Waals surface area contributed by atoms with Crippen LogP contribution in [0.15, 0.2) is 30.7 Å². The number of imidazole rings is 1. The third kappa shape index (κ3) is 3.43. The maximum Gasteiger partial charge on any atom is 0.282 e. The van der Waals surface area contributed by atoms with Crippen molar-refractivity contribution in [3.63, 3.8) is 0 Å². The van der Waals surface area contributed by atoms with Crippen LogP contribution in [-0.4, -0.2) is 68.7 Å². The summed E-state index contributed by atoms with van der Waals surface area (Å²) in [5.41, 5.74) is 0.687. The number of nitrogens with zero attached hydrogens (tertiary/aromatic N) is 7. The maximum absolute atomic E-state index is 13.1. The van der Waals surface area contributed by atoms with Gasteiger partial charge in [-0.3, -0.25) is 0 Å². The number of rotatable bonds is 4. The van der Waals surface area contributed by atoms with Crippen LogP contribution in [0, 0.1) is 0 Å². The van der Waals surface area contributed by atoms with Gasteiger partial charge < -0.3 is 4.90 Å². The molecule has 0 N–H and O–H groups in total. The van der Waals surface area contributed by atoms with Crippen LogP contribution < -0.4 is 4.90 Å². The lowest BCUT2D eigenvalue weighted by atomic mass is 9.80. The van der Waals surface area contributed by atoms with E-state index in [4.69, 9.17) is 0 Å². The first-order chi connectivity index (χ1) is 14.8. The number of sulfonamides is 1. The Balaban J connectivity index is 1.47. The Morgan fingerprint density at radius 1 is 1.13 bits per heavy atom. The summed E-state index contributed by atoms with van der Waals surface area (Å²) >= 11 is 0. The fraction of sp³-hybridized carbons (Fsp3) is 0.474. The van der Waals surface area contributed by atoms with Gasteiger partial charge in [0, 0.05) is 25.7 Å². The van der Waals surface area contributed by atoms with Crippen molar-refractivity contribution >= 4 is 21.5 Å². The molecule has 1 unspecified atom stereocenters. The molecule has 3 aromatic rings. The lowest BCUT2D eigenvalue weighted by Crippen LogP contribution is -2.68. The minimum absolute atomic E-state index is 0.343. The quantitative estimate of drug-likeness (QED) is 0.602. The van der Waals surface area contributed by atoms with E-state index in [0.717, 1.165) is 25.8 Å². The van der Waals surface area contributed by atoms with E-state index in [1.807, 2.05) is 0 Å². The summed E-state index contributed by atoms with van der Waals surface area (Å²) in [5.74, 6) is 0.657. The molecule has 2 aliphatic heterocycles. The molecule has 12 heteroatoms. The van der Waals surface area contributed by atoms with Crippen molar-refractivity contribution in [1.82, 2.24) is 28.9 Å². The smallest absolute Gasteiger partial charge is 0.282 e.